The van der Waals surface area contributed by atoms with Crippen LogP contribution in [0.25, 0.3) is 11.1 Å². The second-order valence-electron chi connectivity index (χ2n) is 4.63. The van der Waals surface area contributed by atoms with Crippen molar-refractivity contribution in [1.82, 2.24) is 5.16 Å². The van der Waals surface area contributed by atoms with E-state index >= 15 is 0 Å². The van der Waals surface area contributed by atoms with Gasteiger partial charge < -0.3 is 10.3 Å². The van der Waals surface area contributed by atoms with Crippen LogP contribution in [-0.4, -0.2) is 5.16 Å². The predicted octanol–water partition coefficient (Wildman–Crippen LogP) is 3.70. The van der Waals surface area contributed by atoms with Gasteiger partial charge in [0.25, 0.3) is 0 Å². The van der Waals surface area contributed by atoms with Crippen LogP contribution in [0.1, 0.15) is 25.0 Å². The molecule has 0 amide bonds. The van der Waals surface area contributed by atoms with E-state index in [0.717, 1.165) is 23.3 Å². The summed E-state index contributed by atoms with van der Waals surface area (Å²) in [6.45, 7) is 2.20. The number of hydrogen-bond donors (Lipinski definition) is 1. The van der Waals surface area contributed by atoms with Crippen LogP contribution in [-0.2, 0) is 0 Å². The zero-order valence-electron chi connectivity index (χ0n) is 9.48. The molecule has 1 aromatic carbocycles. The summed E-state index contributed by atoms with van der Waals surface area (Å²) in [6.07, 6.45) is 1.15. The van der Waals surface area contributed by atoms with Crippen molar-refractivity contribution >= 4 is 17.4 Å². The van der Waals surface area contributed by atoms with Gasteiger partial charge in [-0.15, -0.1) is 0 Å². The molecule has 1 fully saturated rings. The average molecular weight is 249 g/mol. The van der Waals surface area contributed by atoms with E-state index in [-0.39, 0.29) is 0 Å². The van der Waals surface area contributed by atoms with E-state index in [1.807, 2.05) is 24.3 Å². The number of nitrogens with two attached hydrogens (primary N) is 1. The number of anilines is 1. The molecule has 2 atom stereocenters. The Hall–Kier alpha value is -1.48. The van der Waals surface area contributed by atoms with Crippen molar-refractivity contribution in [1.29, 1.82) is 0 Å². The van der Waals surface area contributed by atoms with Gasteiger partial charge in [0, 0.05) is 10.9 Å². The number of halogens is 1. The number of benzene rings is 1. The standard InChI is InChI=1S/C13H13ClN2O/c1-7-6-10(7)12-11(13(15)16-17-12)8-2-4-9(14)5-3-8/h2-5,7,10H,6H2,1H3,(H2,15,16). The van der Waals surface area contributed by atoms with Crippen LogP contribution in [0.5, 0.6) is 0 Å². The second kappa shape index (κ2) is 3.77. The molecular formula is C13H13ClN2O. The van der Waals surface area contributed by atoms with Gasteiger partial charge in [-0.25, -0.2) is 0 Å². The third-order valence-electron chi connectivity index (χ3n) is 3.32. The van der Waals surface area contributed by atoms with Gasteiger partial charge in [0.1, 0.15) is 5.76 Å². The first kappa shape index (κ1) is 10.7. The molecule has 0 spiro atoms. The Balaban J connectivity index is 2.07. The second-order valence-corrected chi connectivity index (χ2v) is 5.07. The Morgan fingerprint density at radius 2 is 2.00 bits per heavy atom. The molecule has 0 radical (unpaired) electrons. The van der Waals surface area contributed by atoms with E-state index in [2.05, 4.69) is 12.1 Å². The van der Waals surface area contributed by atoms with Crippen molar-refractivity contribution in [3.63, 3.8) is 0 Å². The fourth-order valence-electron chi connectivity index (χ4n) is 2.16. The Kier molecular flexibility index (Phi) is 2.37. The lowest BCUT2D eigenvalue weighted by Crippen LogP contribution is -1.90. The average Bonchev–Trinajstić information content (AvgIpc) is 2.90. The molecule has 1 aliphatic carbocycles. The number of rotatable bonds is 2. The SMILES string of the molecule is CC1CC1c1onc(N)c1-c1ccc(Cl)cc1. The summed E-state index contributed by atoms with van der Waals surface area (Å²) in [5.41, 5.74) is 7.83. The molecule has 3 rings (SSSR count). The number of hydrogen-bond acceptors (Lipinski definition) is 3. The lowest BCUT2D eigenvalue weighted by molar-refractivity contribution is 0.384. The fourth-order valence-corrected chi connectivity index (χ4v) is 2.29. The number of aromatic nitrogens is 1. The summed E-state index contributed by atoms with van der Waals surface area (Å²) in [6, 6.07) is 7.59. The lowest BCUT2D eigenvalue weighted by atomic mass is 10.0. The van der Waals surface area contributed by atoms with Gasteiger partial charge in [0.15, 0.2) is 5.82 Å². The highest BCUT2D eigenvalue weighted by atomic mass is 35.5. The first-order valence-corrected chi connectivity index (χ1v) is 6.05. The van der Waals surface area contributed by atoms with Gasteiger partial charge in [-0.1, -0.05) is 35.8 Å². The van der Waals surface area contributed by atoms with Crippen LogP contribution in [0.15, 0.2) is 28.8 Å². The lowest BCUT2D eigenvalue weighted by Gasteiger charge is -2.01. The summed E-state index contributed by atoms with van der Waals surface area (Å²) >= 11 is 5.88. The summed E-state index contributed by atoms with van der Waals surface area (Å²) in [4.78, 5) is 0. The maximum Gasteiger partial charge on any atom is 0.175 e. The molecule has 0 aliphatic heterocycles. The van der Waals surface area contributed by atoms with E-state index in [1.54, 1.807) is 0 Å². The maximum atomic E-state index is 5.88. The molecule has 1 aliphatic rings. The quantitative estimate of drug-likeness (QED) is 0.882. The summed E-state index contributed by atoms with van der Waals surface area (Å²) < 4.78 is 5.37. The highest BCUT2D eigenvalue weighted by Crippen LogP contribution is 2.51. The highest BCUT2D eigenvalue weighted by Gasteiger charge is 2.40. The molecule has 2 unspecified atom stereocenters. The Labute approximate surface area is 105 Å². The summed E-state index contributed by atoms with van der Waals surface area (Å²) in [5.74, 6) is 2.50. The van der Waals surface area contributed by atoms with Gasteiger partial charge in [0.2, 0.25) is 0 Å². The maximum absolute atomic E-state index is 5.88. The molecule has 1 saturated carbocycles. The van der Waals surface area contributed by atoms with Crippen LogP contribution in [0, 0.1) is 5.92 Å². The molecule has 0 bridgehead atoms. The van der Waals surface area contributed by atoms with E-state index in [4.69, 9.17) is 21.9 Å². The Morgan fingerprint density at radius 1 is 1.35 bits per heavy atom. The van der Waals surface area contributed by atoms with Gasteiger partial charge in [0.05, 0.1) is 5.56 Å². The molecular weight excluding hydrogens is 236 g/mol. The third-order valence-corrected chi connectivity index (χ3v) is 3.58. The molecule has 17 heavy (non-hydrogen) atoms. The van der Waals surface area contributed by atoms with Gasteiger partial charge in [-0.05, 0) is 30.0 Å². The Bertz CT molecular complexity index is 547. The molecule has 1 aromatic heterocycles. The Morgan fingerprint density at radius 3 is 2.59 bits per heavy atom. The summed E-state index contributed by atoms with van der Waals surface area (Å²) in [5, 5.41) is 4.59. The smallest absolute Gasteiger partial charge is 0.175 e. The van der Waals surface area contributed by atoms with Crippen molar-refractivity contribution in [2.45, 2.75) is 19.3 Å². The molecule has 3 nitrogen and oxygen atoms in total. The molecule has 2 N–H and O–H groups in total. The van der Waals surface area contributed by atoms with E-state index < -0.39 is 0 Å². The first-order chi connectivity index (χ1) is 8.16. The van der Waals surface area contributed by atoms with Gasteiger partial charge >= 0.3 is 0 Å². The predicted molar refractivity (Wildman–Crippen MR) is 67.9 cm³/mol. The minimum atomic E-state index is 0.460. The van der Waals surface area contributed by atoms with Crippen LogP contribution >= 0.6 is 11.6 Å². The molecule has 0 saturated heterocycles. The van der Waals surface area contributed by atoms with E-state index in [0.29, 0.717) is 22.7 Å². The van der Waals surface area contributed by atoms with Crippen molar-refractivity contribution in [3.05, 3.63) is 35.0 Å². The largest absolute Gasteiger partial charge is 0.380 e. The first-order valence-electron chi connectivity index (χ1n) is 5.68. The van der Waals surface area contributed by atoms with Crippen molar-refractivity contribution in [2.75, 3.05) is 5.73 Å². The zero-order chi connectivity index (χ0) is 12.0. The fraction of sp³-hybridized carbons (Fsp3) is 0.308. The molecule has 4 heteroatoms. The van der Waals surface area contributed by atoms with Crippen molar-refractivity contribution in [3.8, 4) is 11.1 Å². The molecule has 2 aromatic rings. The normalized spacial score (nSPS) is 22.7. The zero-order valence-corrected chi connectivity index (χ0v) is 10.2. The van der Waals surface area contributed by atoms with Crippen LogP contribution < -0.4 is 5.73 Å². The van der Waals surface area contributed by atoms with Crippen LogP contribution in [0.2, 0.25) is 5.02 Å². The van der Waals surface area contributed by atoms with Gasteiger partial charge in [-0.2, -0.15) is 0 Å². The van der Waals surface area contributed by atoms with E-state index in [9.17, 15) is 0 Å². The van der Waals surface area contributed by atoms with Crippen molar-refractivity contribution in [2.24, 2.45) is 5.92 Å². The topological polar surface area (TPSA) is 52.0 Å². The number of nitrogens with zero attached hydrogens (tertiary/aromatic N) is 1. The van der Waals surface area contributed by atoms with Gasteiger partial charge in [-0.3, -0.25) is 0 Å². The molecule has 1 heterocycles. The van der Waals surface area contributed by atoms with Crippen LogP contribution in [0.4, 0.5) is 5.82 Å². The number of nitrogen functional groups attached to an aromatic ring is 1. The molecule has 88 valence electrons. The highest BCUT2D eigenvalue weighted by molar-refractivity contribution is 6.30. The minimum Gasteiger partial charge on any atom is -0.380 e. The third kappa shape index (κ3) is 1.80. The monoisotopic (exact) mass is 248 g/mol. The van der Waals surface area contributed by atoms with Crippen molar-refractivity contribution < 1.29 is 4.52 Å². The van der Waals surface area contributed by atoms with Crippen LogP contribution in [0.3, 0.4) is 0 Å². The summed E-state index contributed by atoms with van der Waals surface area (Å²) in [7, 11) is 0. The minimum absolute atomic E-state index is 0.460. The van der Waals surface area contributed by atoms with E-state index in [1.165, 1.54) is 0 Å².